The van der Waals surface area contributed by atoms with E-state index >= 15 is 0 Å². The Morgan fingerprint density at radius 3 is 2.85 bits per heavy atom. The van der Waals surface area contributed by atoms with Crippen LogP contribution < -0.4 is 10.1 Å². The molecule has 0 spiro atoms. The Morgan fingerprint density at radius 1 is 1.12 bits per heavy atom. The monoisotopic (exact) mass is 350 g/mol. The topological polar surface area (TPSA) is 41.6 Å². The van der Waals surface area contributed by atoms with Crippen LogP contribution in [0.3, 0.4) is 0 Å². The molecule has 4 heteroatoms. The number of likely N-dealkylation sites (tertiary alicyclic amines) is 1. The molecule has 2 aliphatic heterocycles. The van der Waals surface area contributed by atoms with Crippen molar-refractivity contribution in [2.24, 2.45) is 5.92 Å². The molecule has 2 heterocycles. The van der Waals surface area contributed by atoms with Crippen LogP contribution in [0.2, 0.25) is 0 Å². The zero-order chi connectivity index (χ0) is 17.8. The number of hydrogen-bond acceptors (Lipinski definition) is 3. The quantitative estimate of drug-likeness (QED) is 0.910. The number of carbonyl (C=O) groups excluding carboxylic acids is 1. The zero-order valence-electron chi connectivity index (χ0n) is 15.1. The van der Waals surface area contributed by atoms with Crippen molar-refractivity contribution >= 4 is 11.6 Å². The summed E-state index contributed by atoms with van der Waals surface area (Å²) in [5.41, 5.74) is 3.28. The lowest BCUT2D eigenvalue weighted by Gasteiger charge is -2.17. The lowest BCUT2D eigenvalue weighted by Crippen LogP contribution is -2.25. The van der Waals surface area contributed by atoms with E-state index in [0.717, 1.165) is 36.4 Å². The summed E-state index contributed by atoms with van der Waals surface area (Å²) >= 11 is 0. The molecule has 2 aromatic carbocycles. The summed E-state index contributed by atoms with van der Waals surface area (Å²) in [6, 6.07) is 16.3. The zero-order valence-corrected chi connectivity index (χ0v) is 15.1. The van der Waals surface area contributed by atoms with Gasteiger partial charge in [0, 0.05) is 18.2 Å². The maximum Gasteiger partial charge on any atom is 0.227 e. The first-order valence-corrected chi connectivity index (χ1v) is 9.61. The Hall–Kier alpha value is -2.33. The van der Waals surface area contributed by atoms with Crippen molar-refractivity contribution in [3.05, 3.63) is 59.7 Å². The van der Waals surface area contributed by atoms with Gasteiger partial charge < -0.3 is 10.1 Å². The number of benzene rings is 2. The second-order valence-electron chi connectivity index (χ2n) is 7.32. The second-order valence-corrected chi connectivity index (χ2v) is 7.32. The largest absolute Gasteiger partial charge is 0.493 e. The van der Waals surface area contributed by atoms with Gasteiger partial charge in [-0.15, -0.1) is 0 Å². The van der Waals surface area contributed by atoms with Crippen LogP contribution in [-0.4, -0.2) is 30.5 Å². The van der Waals surface area contributed by atoms with E-state index in [9.17, 15) is 4.79 Å². The van der Waals surface area contributed by atoms with E-state index in [1.807, 2.05) is 30.3 Å². The Kier molecular flexibility index (Phi) is 5.21. The normalized spacial score (nSPS) is 20.1. The molecule has 4 rings (SSSR count). The molecule has 2 aliphatic rings. The Balaban J connectivity index is 1.41. The summed E-state index contributed by atoms with van der Waals surface area (Å²) in [4.78, 5) is 15.3. The van der Waals surface area contributed by atoms with Gasteiger partial charge in [-0.05, 0) is 68.1 Å². The summed E-state index contributed by atoms with van der Waals surface area (Å²) in [5.74, 6) is 0.944. The van der Waals surface area contributed by atoms with Crippen molar-refractivity contribution in [1.29, 1.82) is 0 Å². The fourth-order valence-corrected chi connectivity index (χ4v) is 3.91. The average molecular weight is 350 g/mol. The van der Waals surface area contributed by atoms with E-state index in [1.54, 1.807) is 0 Å². The smallest absolute Gasteiger partial charge is 0.227 e. The van der Waals surface area contributed by atoms with Gasteiger partial charge in [0.05, 0.1) is 6.61 Å². The van der Waals surface area contributed by atoms with Crippen molar-refractivity contribution in [1.82, 2.24) is 4.90 Å². The number of nitrogens with zero attached hydrogens (tertiary/aromatic N) is 1. The highest BCUT2D eigenvalue weighted by Crippen LogP contribution is 2.27. The molecular formula is C22H26N2O2. The molecule has 1 saturated heterocycles. The van der Waals surface area contributed by atoms with Gasteiger partial charge in [-0.2, -0.15) is 0 Å². The predicted molar refractivity (Wildman–Crippen MR) is 103 cm³/mol. The van der Waals surface area contributed by atoms with Crippen molar-refractivity contribution < 1.29 is 9.53 Å². The molecule has 0 aliphatic carbocycles. The van der Waals surface area contributed by atoms with E-state index in [2.05, 4.69) is 28.4 Å². The minimum Gasteiger partial charge on any atom is -0.493 e. The number of carbonyl (C=O) groups is 1. The van der Waals surface area contributed by atoms with E-state index < -0.39 is 0 Å². The average Bonchev–Trinajstić information content (AvgIpc) is 3.05. The Labute approximate surface area is 155 Å². The van der Waals surface area contributed by atoms with Gasteiger partial charge in [0.15, 0.2) is 0 Å². The minimum absolute atomic E-state index is 0.0547. The molecule has 1 fully saturated rings. The third kappa shape index (κ3) is 4.07. The fraction of sp³-hybridized carbons (Fsp3) is 0.409. The number of fused-ring (bicyclic) bond motifs is 1. The number of rotatable bonds is 4. The van der Waals surface area contributed by atoms with Crippen LogP contribution in [0.15, 0.2) is 48.5 Å². The molecule has 1 amide bonds. The number of amides is 1. The van der Waals surface area contributed by atoms with Gasteiger partial charge in [-0.1, -0.05) is 30.3 Å². The third-order valence-corrected chi connectivity index (χ3v) is 5.33. The summed E-state index contributed by atoms with van der Waals surface area (Å²) in [6.07, 6.45) is 4.06. The molecule has 1 N–H and O–H groups in total. The van der Waals surface area contributed by atoms with Crippen molar-refractivity contribution in [3.63, 3.8) is 0 Å². The van der Waals surface area contributed by atoms with Crippen molar-refractivity contribution in [2.75, 3.05) is 25.0 Å². The van der Waals surface area contributed by atoms with Crippen LogP contribution in [0.1, 0.15) is 30.4 Å². The molecule has 1 atom stereocenters. The number of nitrogens with one attached hydrogen (secondary N) is 1. The number of hydrogen-bond donors (Lipinski definition) is 1. The fourth-order valence-electron chi connectivity index (χ4n) is 3.91. The van der Waals surface area contributed by atoms with E-state index in [4.69, 9.17) is 4.74 Å². The molecule has 26 heavy (non-hydrogen) atoms. The van der Waals surface area contributed by atoms with Gasteiger partial charge in [-0.25, -0.2) is 0 Å². The highest BCUT2D eigenvalue weighted by atomic mass is 16.5. The van der Waals surface area contributed by atoms with Crippen LogP contribution in [0.25, 0.3) is 0 Å². The minimum atomic E-state index is -0.0547. The van der Waals surface area contributed by atoms with Crippen LogP contribution in [-0.2, 0) is 17.8 Å². The number of para-hydroxylation sites is 1. The maximum absolute atomic E-state index is 12.8. The number of anilines is 1. The first kappa shape index (κ1) is 17.1. The Bertz CT molecular complexity index is 768. The molecule has 0 saturated carbocycles. The highest BCUT2D eigenvalue weighted by molar-refractivity contribution is 5.92. The number of ether oxygens (including phenoxy) is 1. The Morgan fingerprint density at radius 2 is 1.96 bits per heavy atom. The van der Waals surface area contributed by atoms with E-state index in [-0.39, 0.29) is 11.8 Å². The third-order valence-electron chi connectivity index (χ3n) is 5.33. The summed E-state index contributed by atoms with van der Waals surface area (Å²) < 4.78 is 5.79. The summed E-state index contributed by atoms with van der Waals surface area (Å²) in [7, 11) is 0. The molecule has 4 nitrogen and oxygen atoms in total. The van der Waals surface area contributed by atoms with Crippen LogP contribution >= 0.6 is 0 Å². The lowest BCUT2D eigenvalue weighted by atomic mass is 9.96. The van der Waals surface area contributed by atoms with Crippen LogP contribution in [0.4, 0.5) is 5.69 Å². The molecular weight excluding hydrogens is 324 g/mol. The van der Waals surface area contributed by atoms with Gasteiger partial charge in [0.25, 0.3) is 0 Å². The lowest BCUT2D eigenvalue weighted by molar-refractivity contribution is -0.120. The molecule has 136 valence electrons. The summed E-state index contributed by atoms with van der Waals surface area (Å²) in [6.45, 7) is 3.91. The standard InChI is InChI=1S/C22H26N2O2/c25-22(19-10-13-26-21-9-2-1-7-18(21)15-19)23-20-8-5-6-17(14-20)16-24-11-3-4-12-24/h1-2,5-9,14,19H,3-4,10-13,15-16H2,(H,23,25). The van der Waals surface area contributed by atoms with Gasteiger partial charge >= 0.3 is 0 Å². The first-order chi connectivity index (χ1) is 12.8. The van der Waals surface area contributed by atoms with E-state index in [1.165, 1.54) is 31.5 Å². The summed E-state index contributed by atoms with van der Waals surface area (Å²) in [5, 5.41) is 3.12. The predicted octanol–water partition coefficient (Wildman–Crippen LogP) is 3.86. The second kappa shape index (κ2) is 7.92. The first-order valence-electron chi connectivity index (χ1n) is 9.61. The van der Waals surface area contributed by atoms with E-state index in [0.29, 0.717) is 6.61 Å². The molecule has 2 aromatic rings. The molecule has 0 bridgehead atoms. The van der Waals surface area contributed by atoms with Gasteiger partial charge in [0.1, 0.15) is 5.75 Å². The SMILES string of the molecule is O=C(Nc1cccc(CN2CCCC2)c1)C1CCOc2ccccc2C1. The van der Waals surface area contributed by atoms with Crippen molar-refractivity contribution in [2.45, 2.75) is 32.2 Å². The van der Waals surface area contributed by atoms with Gasteiger partial charge in [0.2, 0.25) is 5.91 Å². The van der Waals surface area contributed by atoms with Gasteiger partial charge in [-0.3, -0.25) is 9.69 Å². The van der Waals surface area contributed by atoms with Crippen LogP contribution in [0, 0.1) is 5.92 Å². The molecule has 0 aromatic heterocycles. The highest BCUT2D eigenvalue weighted by Gasteiger charge is 2.24. The maximum atomic E-state index is 12.8. The van der Waals surface area contributed by atoms with Crippen molar-refractivity contribution in [3.8, 4) is 5.75 Å². The molecule has 1 unspecified atom stereocenters. The molecule has 0 radical (unpaired) electrons. The van der Waals surface area contributed by atoms with Crippen LogP contribution in [0.5, 0.6) is 5.75 Å².